The van der Waals surface area contributed by atoms with Gasteiger partial charge in [-0.1, -0.05) is 48.0 Å². The fourth-order valence-corrected chi connectivity index (χ4v) is 4.39. The third kappa shape index (κ3) is 3.26. The Morgan fingerprint density at radius 3 is 2.72 bits per heavy atom. The van der Waals surface area contributed by atoms with Crippen molar-refractivity contribution in [1.82, 2.24) is 4.90 Å². The molecule has 2 aliphatic rings. The van der Waals surface area contributed by atoms with Crippen LogP contribution in [-0.2, 0) is 17.9 Å². The number of rotatable bonds is 3. The molecule has 0 aromatic heterocycles. The largest absolute Gasteiger partial charge is 0.495 e. The molecule has 3 nitrogen and oxygen atoms in total. The SMILES string of the molecule is COc1ccc2c(c1Cl)CO[C@@]1(C)CN(Cc3ccccc3)C[C@@H]21.Cl. The maximum atomic E-state index is 6.51. The van der Waals surface area contributed by atoms with Gasteiger partial charge in [0.2, 0.25) is 0 Å². The first kappa shape index (κ1) is 18.5. The molecular formula is C20H23Cl2NO2. The van der Waals surface area contributed by atoms with Crippen LogP contribution >= 0.6 is 24.0 Å². The third-order valence-corrected chi connectivity index (χ3v) is 5.76. The van der Waals surface area contributed by atoms with E-state index in [1.165, 1.54) is 11.1 Å². The summed E-state index contributed by atoms with van der Waals surface area (Å²) in [5.74, 6) is 1.06. The average Bonchev–Trinajstić information content (AvgIpc) is 2.92. The Balaban J connectivity index is 0.00000182. The zero-order valence-corrected chi connectivity index (χ0v) is 16.1. The van der Waals surface area contributed by atoms with Crippen molar-refractivity contribution in [1.29, 1.82) is 0 Å². The number of fused-ring (bicyclic) bond motifs is 3. The minimum atomic E-state index is -0.153. The highest BCUT2D eigenvalue weighted by Gasteiger charge is 2.48. The van der Waals surface area contributed by atoms with Crippen LogP contribution in [0.4, 0.5) is 0 Å². The molecule has 2 aliphatic heterocycles. The standard InChI is InChI=1S/C20H22ClNO2.ClH/c1-20-13-22(10-14-6-4-3-5-7-14)11-17(20)15-8-9-18(23-2)19(21)16(15)12-24-20;/h3-9,17H,10-13H2,1-2H3;1H/t17-,20-;/m0./s1. The molecule has 25 heavy (non-hydrogen) atoms. The van der Waals surface area contributed by atoms with E-state index in [4.69, 9.17) is 21.1 Å². The smallest absolute Gasteiger partial charge is 0.137 e. The van der Waals surface area contributed by atoms with Gasteiger partial charge in [-0.05, 0) is 24.1 Å². The Morgan fingerprint density at radius 1 is 1.24 bits per heavy atom. The number of methoxy groups -OCH3 is 1. The van der Waals surface area contributed by atoms with Gasteiger partial charge in [0.25, 0.3) is 0 Å². The molecule has 4 rings (SSSR count). The van der Waals surface area contributed by atoms with E-state index >= 15 is 0 Å². The molecule has 0 aliphatic carbocycles. The molecule has 134 valence electrons. The van der Waals surface area contributed by atoms with Crippen LogP contribution in [0.3, 0.4) is 0 Å². The van der Waals surface area contributed by atoms with Crippen LogP contribution in [0.1, 0.15) is 29.5 Å². The van der Waals surface area contributed by atoms with Gasteiger partial charge in [-0.15, -0.1) is 12.4 Å². The number of hydrogen-bond acceptors (Lipinski definition) is 3. The molecule has 2 heterocycles. The Hall–Kier alpha value is -1.26. The predicted molar refractivity (Wildman–Crippen MR) is 103 cm³/mol. The minimum absolute atomic E-state index is 0. The van der Waals surface area contributed by atoms with E-state index in [0.29, 0.717) is 17.5 Å². The Kier molecular flexibility index (Phi) is 5.31. The first-order chi connectivity index (χ1) is 11.6. The molecule has 2 atom stereocenters. The molecule has 0 saturated carbocycles. The lowest BCUT2D eigenvalue weighted by Gasteiger charge is -2.37. The second kappa shape index (κ2) is 7.16. The zero-order valence-electron chi connectivity index (χ0n) is 14.5. The van der Waals surface area contributed by atoms with Crippen molar-refractivity contribution in [3.8, 4) is 5.75 Å². The van der Waals surface area contributed by atoms with Gasteiger partial charge in [-0.25, -0.2) is 0 Å². The Labute approximate surface area is 160 Å². The molecular weight excluding hydrogens is 357 g/mol. The van der Waals surface area contributed by atoms with Gasteiger partial charge in [-0.2, -0.15) is 0 Å². The van der Waals surface area contributed by atoms with Gasteiger partial charge in [0.15, 0.2) is 0 Å². The molecule has 1 fully saturated rings. The summed E-state index contributed by atoms with van der Waals surface area (Å²) in [5, 5.41) is 0.693. The van der Waals surface area contributed by atoms with E-state index in [-0.39, 0.29) is 18.0 Å². The fourth-order valence-electron chi connectivity index (χ4n) is 4.09. The molecule has 2 aromatic rings. The molecule has 2 aromatic carbocycles. The van der Waals surface area contributed by atoms with Gasteiger partial charge < -0.3 is 9.47 Å². The van der Waals surface area contributed by atoms with Gasteiger partial charge in [0.1, 0.15) is 5.75 Å². The van der Waals surface area contributed by atoms with Crippen molar-refractivity contribution in [3.05, 3.63) is 64.2 Å². The van der Waals surface area contributed by atoms with E-state index in [1.807, 2.05) is 6.07 Å². The van der Waals surface area contributed by atoms with Crippen molar-refractivity contribution in [2.24, 2.45) is 0 Å². The van der Waals surface area contributed by atoms with Gasteiger partial charge >= 0.3 is 0 Å². The molecule has 0 spiro atoms. The minimum Gasteiger partial charge on any atom is -0.495 e. The van der Waals surface area contributed by atoms with Crippen molar-refractivity contribution >= 4 is 24.0 Å². The quantitative estimate of drug-likeness (QED) is 0.773. The predicted octanol–water partition coefficient (Wildman–Crippen LogP) is 4.66. The van der Waals surface area contributed by atoms with Gasteiger partial charge in [0, 0.05) is 31.1 Å². The number of likely N-dealkylation sites (tertiary alicyclic amines) is 1. The normalized spacial score (nSPS) is 25.0. The maximum Gasteiger partial charge on any atom is 0.137 e. The topological polar surface area (TPSA) is 21.7 Å². The molecule has 0 amide bonds. The number of halogens is 2. The number of hydrogen-bond donors (Lipinski definition) is 0. The van der Waals surface area contributed by atoms with E-state index in [0.717, 1.165) is 30.9 Å². The summed E-state index contributed by atoms with van der Waals surface area (Å²) in [6.45, 7) is 5.66. The lowest BCUT2D eigenvalue weighted by molar-refractivity contribution is -0.0568. The van der Waals surface area contributed by atoms with Crippen LogP contribution in [0, 0.1) is 0 Å². The average molecular weight is 380 g/mol. The summed E-state index contributed by atoms with van der Waals surface area (Å²) >= 11 is 6.51. The first-order valence-corrected chi connectivity index (χ1v) is 8.74. The lowest BCUT2D eigenvalue weighted by Crippen LogP contribution is -2.40. The molecule has 1 saturated heterocycles. The summed E-state index contributed by atoms with van der Waals surface area (Å²) in [7, 11) is 1.65. The van der Waals surface area contributed by atoms with Crippen LogP contribution < -0.4 is 4.74 Å². The highest BCUT2D eigenvalue weighted by molar-refractivity contribution is 6.33. The zero-order chi connectivity index (χ0) is 16.7. The van der Waals surface area contributed by atoms with Crippen LogP contribution in [-0.4, -0.2) is 30.7 Å². The summed E-state index contributed by atoms with van der Waals surface area (Å²) in [4.78, 5) is 2.48. The van der Waals surface area contributed by atoms with Gasteiger partial charge in [-0.3, -0.25) is 4.90 Å². The Morgan fingerprint density at radius 2 is 2.00 bits per heavy atom. The summed E-state index contributed by atoms with van der Waals surface area (Å²) < 4.78 is 11.6. The molecule has 5 heteroatoms. The van der Waals surface area contributed by atoms with Crippen molar-refractivity contribution in [2.75, 3.05) is 20.2 Å². The van der Waals surface area contributed by atoms with Gasteiger partial charge in [0.05, 0.1) is 24.3 Å². The summed E-state index contributed by atoms with van der Waals surface area (Å²) in [6.07, 6.45) is 0. The van der Waals surface area contributed by atoms with Crippen LogP contribution in [0.5, 0.6) is 5.75 Å². The first-order valence-electron chi connectivity index (χ1n) is 8.36. The fraction of sp³-hybridized carbons (Fsp3) is 0.400. The van der Waals surface area contributed by atoms with Crippen LogP contribution in [0.15, 0.2) is 42.5 Å². The third-order valence-electron chi connectivity index (χ3n) is 5.35. The molecule has 0 bridgehead atoms. The van der Waals surface area contributed by atoms with E-state index in [2.05, 4.69) is 48.2 Å². The molecule has 0 N–H and O–H groups in total. The maximum absolute atomic E-state index is 6.51. The number of ether oxygens (including phenoxy) is 2. The monoisotopic (exact) mass is 379 g/mol. The second-order valence-corrected chi connectivity index (χ2v) is 7.34. The van der Waals surface area contributed by atoms with E-state index in [1.54, 1.807) is 7.11 Å². The van der Waals surface area contributed by atoms with Crippen molar-refractivity contribution in [3.63, 3.8) is 0 Å². The van der Waals surface area contributed by atoms with Crippen molar-refractivity contribution in [2.45, 2.75) is 31.6 Å². The highest BCUT2D eigenvalue weighted by atomic mass is 35.5. The Bertz CT molecular complexity index is 753. The molecule has 0 radical (unpaired) electrons. The van der Waals surface area contributed by atoms with Crippen LogP contribution in [0.2, 0.25) is 5.02 Å². The van der Waals surface area contributed by atoms with E-state index < -0.39 is 0 Å². The van der Waals surface area contributed by atoms with E-state index in [9.17, 15) is 0 Å². The number of benzene rings is 2. The highest BCUT2D eigenvalue weighted by Crippen LogP contribution is 2.47. The second-order valence-electron chi connectivity index (χ2n) is 6.96. The van der Waals surface area contributed by atoms with Crippen molar-refractivity contribution < 1.29 is 9.47 Å². The summed E-state index contributed by atoms with van der Waals surface area (Å²) in [5.41, 5.74) is 3.58. The lowest BCUT2D eigenvalue weighted by atomic mass is 9.81. The molecule has 0 unspecified atom stereocenters. The van der Waals surface area contributed by atoms with Crippen LogP contribution in [0.25, 0.3) is 0 Å². The summed E-state index contributed by atoms with van der Waals surface area (Å²) in [6, 6.07) is 14.8. The number of nitrogens with zero attached hydrogens (tertiary/aromatic N) is 1.